The molecular formula is C18H21N3O3S2. The molecule has 1 saturated heterocycles. The van der Waals surface area contributed by atoms with Crippen LogP contribution in [0.25, 0.3) is 0 Å². The zero-order chi connectivity index (χ0) is 18.4. The lowest BCUT2D eigenvalue weighted by Crippen LogP contribution is -2.32. The Labute approximate surface area is 157 Å². The van der Waals surface area contributed by atoms with Gasteiger partial charge < -0.3 is 0 Å². The average molecular weight is 392 g/mol. The van der Waals surface area contributed by atoms with E-state index >= 15 is 0 Å². The molecule has 1 aliphatic rings. The second-order valence-electron chi connectivity index (χ2n) is 6.06. The minimum Gasteiger partial charge on any atom is -0.267 e. The van der Waals surface area contributed by atoms with Crippen LogP contribution in [0.1, 0.15) is 40.9 Å². The third-order valence-corrected chi connectivity index (χ3v) is 6.94. The Bertz CT molecular complexity index is 852. The minimum absolute atomic E-state index is 0.220. The summed E-state index contributed by atoms with van der Waals surface area (Å²) in [5.74, 6) is -0.378. The first kappa shape index (κ1) is 18.8. The van der Waals surface area contributed by atoms with Crippen molar-refractivity contribution in [3.8, 4) is 0 Å². The van der Waals surface area contributed by atoms with E-state index < -0.39 is 10.0 Å². The van der Waals surface area contributed by atoms with Crippen molar-refractivity contribution in [2.24, 2.45) is 5.10 Å². The first-order chi connectivity index (χ1) is 12.6. The molecular weight excluding hydrogens is 370 g/mol. The number of hydrogen-bond acceptors (Lipinski definition) is 5. The topological polar surface area (TPSA) is 78.8 Å². The van der Waals surface area contributed by atoms with Crippen LogP contribution in [-0.2, 0) is 10.0 Å². The van der Waals surface area contributed by atoms with E-state index in [0.717, 1.165) is 30.6 Å². The smallest absolute Gasteiger partial charge is 0.267 e. The van der Waals surface area contributed by atoms with Crippen molar-refractivity contribution in [1.82, 2.24) is 9.73 Å². The van der Waals surface area contributed by atoms with E-state index in [1.807, 2.05) is 17.5 Å². The summed E-state index contributed by atoms with van der Waals surface area (Å²) in [5, 5.41) is 5.83. The maximum atomic E-state index is 12.7. The largest absolute Gasteiger partial charge is 0.271 e. The number of nitrogens with zero attached hydrogens (tertiary/aromatic N) is 2. The molecule has 26 heavy (non-hydrogen) atoms. The molecule has 2 heterocycles. The lowest BCUT2D eigenvalue weighted by Gasteiger charge is -2.19. The zero-order valence-corrected chi connectivity index (χ0v) is 15.9. The summed E-state index contributed by atoms with van der Waals surface area (Å²) in [6.07, 6.45) is 5.49. The molecule has 138 valence electrons. The van der Waals surface area contributed by atoms with Gasteiger partial charge in [0.1, 0.15) is 0 Å². The van der Waals surface area contributed by atoms with Crippen LogP contribution in [0.3, 0.4) is 0 Å². The minimum atomic E-state index is -3.50. The highest BCUT2D eigenvalue weighted by Crippen LogP contribution is 2.20. The maximum absolute atomic E-state index is 12.7. The number of hydrogen-bond donors (Lipinski definition) is 1. The molecule has 1 amide bonds. The summed E-state index contributed by atoms with van der Waals surface area (Å²) in [4.78, 5) is 13.3. The number of amides is 1. The van der Waals surface area contributed by atoms with E-state index in [-0.39, 0.29) is 10.8 Å². The third kappa shape index (κ3) is 4.57. The monoisotopic (exact) mass is 391 g/mol. The predicted molar refractivity (Wildman–Crippen MR) is 103 cm³/mol. The van der Waals surface area contributed by atoms with Gasteiger partial charge in [0.05, 0.1) is 11.1 Å². The van der Waals surface area contributed by atoms with E-state index in [9.17, 15) is 13.2 Å². The second-order valence-corrected chi connectivity index (χ2v) is 8.97. The van der Waals surface area contributed by atoms with Gasteiger partial charge in [0.2, 0.25) is 10.0 Å². The van der Waals surface area contributed by atoms with Crippen molar-refractivity contribution in [3.63, 3.8) is 0 Å². The number of rotatable bonds is 5. The molecule has 0 radical (unpaired) electrons. The Hall–Kier alpha value is -2.03. The van der Waals surface area contributed by atoms with E-state index in [0.29, 0.717) is 18.7 Å². The summed E-state index contributed by atoms with van der Waals surface area (Å²) in [6.45, 7) is 1.12. The highest BCUT2D eigenvalue weighted by atomic mass is 32.2. The first-order valence-corrected chi connectivity index (χ1v) is 10.9. The van der Waals surface area contributed by atoms with Crippen LogP contribution in [0.15, 0.2) is 51.8 Å². The van der Waals surface area contributed by atoms with Crippen LogP contribution >= 0.6 is 11.3 Å². The van der Waals surface area contributed by atoms with E-state index in [2.05, 4.69) is 10.5 Å². The van der Waals surface area contributed by atoms with E-state index in [4.69, 9.17) is 0 Å². The number of nitrogens with one attached hydrogen (secondary N) is 1. The molecule has 0 aliphatic carbocycles. The van der Waals surface area contributed by atoms with Gasteiger partial charge in [-0.2, -0.15) is 9.41 Å². The number of benzene rings is 1. The van der Waals surface area contributed by atoms with Gasteiger partial charge in [-0.15, -0.1) is 11.3 Å². The highest BCUT2D eigenvalue weighted by molar-refractivity contribution is 7.89. The van der Waals surface area contributed by atoms with Gasteiger partial charge in [0.25, 0.3) is 5.91 Å². The van der Waals surface area contributed by atoms with Gasteiger partial charge in [0.15, 0.2) is 0 Å². The lowest BCUT2D eigenvalue weighted by molar-refractivity contribution is 0.0955. The van der Waals surface area contributed by atoms with Gasteiger partial charge in [-0.25, -0.2) is 13.8 Å². The summed E-state index contributed by atoms with van der Waals surface area (Å²) in [7, 11) is -3.50. The molecule has 2 aromatic rings. The third-order valence-electron chi connectivity index (χ3n) is 4.22. The van der Waals surface area contributed by atoms with Crippen molar-refractivity contribution >= 4 is 33.5 Å². The second kappa shape index (κ2) is 8.57. The first-order valence-electron chi connectivity index (χ1n) is 8.54. The summed E-state index contributed by atoms with van der Waals surface area (Å²) in [5.41, 5.74) is 2.81. The van der Waals surface area contributed by atoms with E-state index in [1.54, 1.807) is 10.5 Å². The van der Waals surface area contributed by atoms with Crippen molar-refractivity contribution in [3.05, 3.63) is 52.2 Å². The SMILES string of the molecule is O=C(N/N=C\c1cccs1)c1ccc(S(=O)(=O)N2CCCCCC2)cc1. The van der Waals surface area contributed by atoms with Crippen LogP contribution in [0.2, 0.25) is 0 Å². The Morgan fingerprint density at radius 2 is 1.77 bits per heavy atom. The molecule has 1 aromatic carbocycles. The molecule has 3 rings (SSSR count). The summed E-state index contributed by atoms with van der Waals surface area (Å²) in [6, 6.07) is 9.79. The molecule has 0 spiro atoms. The molecule has 0 unspecified atom stereocenters. The molecule has 6 nitrogen and oxygen atoms in total. The number of carbonyl (C=O) groups excluding carboxylic acids is 1. The van der Waals surface area contributed by atoms with Gasteiger partial charge >= 0.3 is 0 Å². The molecule has 1 N–H and O–H groups in total. The molecule has 0 saturated carbocycles. The zero-order valence-electron chi connectivity index (χ0n) is 14.3. The summed E-state index contributed by atoms with van der Waals surface area (Å²) >= 11 is 1.52. The van der Waals surface area contributed by atoms with Crippen LogP contribution < -0.4 is 5.43 Å². The lowest BCUT2D eigenvalue weighted by atomic mass is 10.2. The van der Waals surface area contributed by atoms with Crippen molar-refractivity contribution < 1.29 is 13.2 Å². The molecule has 0 atom stereocenters. The Kier molecular flexibility index (Phi) is 6.18. The van der Waals surface area contributed by atoms with Crippen molar-refractivity contribution in [2.75, 3.05) is 13.1 Å². The van der Waals surface area contributed by atoms with Crippen LogP contribution in [0.5, 0.6) is 0 Å². The fourth-order valence-corrected chi connectivity index (χ4v) is 4.90. The van der Waals surface area contributed by atoms with E-state index in [1.165, 1.54) is 35.6 Å². The number of sulfonamides is 1. The molecule has 8 heteroatoms. The van der Waals surface area contributed by atoms with Gasteiger partial charge in [-0.1, -0.05) is 18.9 Å². The van der Waals surface area contributed by atoms with Gasteiger partial charge in [0, 0.05) is 23.5 Å². The van der Waals surface area contributed by atoms with Crippen LogP contribution in [0, 0.1) is 0 Å². The summed E-state index contributed by atoms with van der Waals surface area (Å²) < 4.78 is 27.0. The quantitative estimate of drug-likeness (QED) is 0.628. The maximum Gasteiger partial charge on any atom is 0.271 e. The van der Waals surface area contributed by atoms with Crippen molar-refractivity contribution in [2.45, 2.75) is 30.6 Å². The van der Waals surface area contributed by atoms with Gasteiger partial charge in [-0.3, -0.25) is 4.79 Å². The van der Waals surface area contributed by atoms with Crippen molar-refractivity contribution in [1.29, 1.82) is 0 Å². The number of carbonyl (C=O) groups is 1. The molecule has 0 bridgehead atoms. The fraction of sp³-hybridized carbons (Fsp3) is 0.333. The average Bonchev–Trinajstić information content (AvgIpc) is 3.00. The fourth-order valence-electron chi connectivity index (χ4n) is 2.79. The normalized spacial score (nSPS) is 16.5. The number of thiophene rings is 1. The highest BCUT2D eigenvalue weighted by Gasteiger charge is 2.25. The Balaban J connectivity index is 1.66. The molecule has 1 fully saturated rings. The predicted octanol–water partition coefficient (Wildman–Crippen LogP) is 3.08. The Morgan fingerprint density at radius 1 is 1.08 bits per heavy atom. The molecule has 1 aromatic heterocycles. The van der Waals surface area contributed by atoms with Crippen LogP contribution in [-0.4, -0.2) is 37.9 Å². The Morgan fingerprint density at radius 3 is 2.38 bits per heavy atom. The number of hydrazone groups is 1. The van der Waals surface area contributed by atoms with Crippen LogP contribution in [0.4, 0.5) is 0 Å². The van der Waals surface area contributed by atoms with Gasteiger partial charge in [-0.05, 0) is 48.6 Å². The molecule has 1 aliphatic heterocycles. The standard InChI is InChI=1S/C18H21N3O3S2/c22-18(20-19-14-16-6-5-13-25-16)15-7-9-17(10-8-15)26(23,24)21-11-3-1-2-4-12-21/h5-10,13-14H,1-4,11-12H2,(H,20,22)/b19-14-.